The molecule has 27 heavy (non-hydrogen) atoms. The number of thioether (sulfide) groups is 1. The van der Waals surface area contributed by atoms with Gasteiger partial charge in [0.25, 0.3) is 0 Å². The number of hydrogen-bond donors (Lipinski definition) is 2. The third-order valence-electron chi connectivity index (χ3n) is 4.24. The van der Waals surface area contributed by atoms with Crippen LogP contribution in [-0.4, -0.2) is 32.7 Å². The van der Waals surface area contributed by atoms with E-state index in [1.807, 2.05) is 35.6 Å². The predicted octanol–water partition coefficient (Wildman–Crippen LogP) is 3.09. The van der Waals surface area contributed by atoms with Crippen LogP contribution in [0.15, 0.2) is 46.7 Å². The molecule has 2 aliphatic rings. The number of fused-ring (bicyclic) bond motifs is 1. The SMILES string of the molecule is CN1C(c2ccc(Cl)c(S(N)(=O)=O)c2)=CSC1Nc1ccc2c(c1)OCO2. The van der Waals surface area contributed by atoms with Crippen molar-refractivity contribution in [3.8, 4) is 11.5 Å². The van der Waals surface area contributed by atoms with Crippen LogP contribution in [0.3, 0.4) is 0 Å². The second-order valence-corrected chi connectivity index (χ2v) is 8.90. The van der Waals surface area contributed by atoms with E-state index < -0.39 is 10.0 Å². The van der Waals surface area contributed by atoms with Gasteiger partial charge in [-0.15, -0.1) is 0 Å². The third kappa shape index (κ3) is 3.55. The van der Waals surface area contributed by atoms with Crippen LogP contribution in [0.4, 0.5) is 5.69 Å². The van der Waals surface area contributed by atoms with Crippen molar-refractivity contribution < 1.29 is 17.9 Å². The van der Waals surface area contributed by atoms with Crippen LogP contribution in [0, 0.1) is 0 Å². The number of hydrogen-bond acceptors (Lipinski definition) is 7. The van der Waals surface area contributed by atoms with E-state index in [2.05, 4.69) is 5.32 Å². The molecule has 1 atom stereocenters. The van der Waals surface area contributed by atoms with E-state index in [4.69, 9.17) is 26.2 Å². The van der Waals surface area contributed by atoms with Crippen LogP contribution < -0.4 is 19.9 Å². The Morgan fingerprint density at radius 3 is 2.78 bits per heavy atom. The van der Waals surface area contributed by atoms with Crippen molar-refractivity contribution in [1.29, 1.82) is 0 Å². The molecule has 142 valence electrons. The molecule has 0 spiro atoms. The van der Waals surface area contributed by atoms with Gasteiger partial charge in [-0.2, -0.15) is 0 Å². The number of nitrogens with two attached hydrogens (primary N) is 1. The van der Waals surface area contributed by atoms with E-state index in [1.165, 1.54) is 12.1 Å². The molecule has 1 unspecified atom stereocenters. The maximum atomic E-state index is 11.7. The van der Waals surface area contributed by atoms with Gasteiger partial charge in [-0.3, -0.25) is 0 Å². The van der Waals surface area contributed by atoms with Crippen LogP contribution in [0.25, 0.3) is 5.70 Å². The average molecular weight is 426 g/mol. The molecule has 0 aliphatic carbocycles. The monoisotopic (exact) mass is 425 g/mol. The Bertz CT molecular complexity index is 1040. The van der Waals surface area contributed by atoms with Gasteiger partial charge >= 0.3 is 0 Å². The van der Waals surface area contributed by atoms with Gasteiger partial charge in [0.1, 0.15) is 4.90 Å². The molecule has 0 saturated heterocycles. The second kappa shape index (κ2) is 6.83. The first-order chi connectivity index (χ1) is 12.8. The maximum absolute atomic E-state index is 11.7. The van der Waals surface area contributed by atoms with E-state index in [9.17, 15) is 8.42 Å². The van der Waals surface area contributed by atoms with Crippen molar-refractivity contribution in [2.24, 2.45) is 5.14 Å². The summed E-state index contributed by atoms with van der Waals surface area (Å²) >= 11 is 7.54. The van der Waals surface area contributed by atoms with Gasteiger partial charge in [-0.1, -0.05) is 29.4 Å². The maximum Gasteiger partial charge on any atom is 0.239 e. The summed E-state index contributed by atoms with van der Waals surface area (Å²) in [6.07, 6.45) is 0. The largest absolute Gasteiger partial charge is 0.454 e. The minimum absolute atomic E-state index is 0.0750. The lowest BCUT2D eigenvalue weighted by Crippen LogP contribution is -2.30. The van der Waals surface area contributed by atoms with Crippen molar-refractivity contribution in [3.63, 3.8) is 0 Å². The van der Waals surface area contributed by atoms with Crippen LogP contribution in [0.1, 0.15) is 5.56 Å². The Morgan fingerprint density at radius 1 is 1.22 bits per heavy atom. The highest BCUT2D eigenvalue weighted by atomic mass is 35.5. The fourth-order valence-corrected chi connectivity index (χ4v) is 4.97. The van der Waals surface area contributed by atoms with Crippen molar-refractivity contribution in [3.05, 3.63) is 52.4 Å². The predicted molar refractivity (Wildman–Crippen MR) is 106 cm³/mol. The first kappa shape index (κ1) is 18.3. The van der Waals surface area contributed by atoms with Crippen molar-refractivity contribution in [1.82, 2.24) is 4.90 Å². The van der Waals surface area contributed by atoms with Crippen molar-refractivity contribution >= 4 is 44.8 Å². The summed E-state index contributed by atoms with van der Waals surface area (Å²) < 4.78 is 34.2. The molecule has 3 N–H and O–H groups in total. The van der Waals surface area contributed by atoms with Gasteiger partial charge < -0.3 is 19.7 Å². The van der Waals surface area contributed by atoms with Crippen molar-refractivity contribution in [2.45, 2.75) is 10.4 Å². The van der Waals surface area contributed by atoms with E-state index in [-0.39, 0.29) is 22.2 Å². The average Bonchev–Trinajstić information content (AvgIpc) is 3.21. The molecule has 2 aliphatic heterocycles. The molecule has 0 fully saturated rings. The highest BCUT2D eigenvalue weighted by Gasteiger charge is 2.26. The molecule has 7 nitrogen and oxygen atoms in total. The first-order valence-corrected chi connectivity index (χ1v) is 10.8. The highest BCUT2D eigenvalue weighted by Crippen LogP contribution is 2.39. The third-order valence-corrected chi connectivity index (χ3v) is 6.68. The Kier molecular flexibility index (Phi) is 4.63. The number of primary sulfonamides is 1. The lowest BCUT2D eigenvalue weighted by molar-refractivity contribution is 0.174. The molecule has 4 rings (SSSR count). The van der Waals surface area contributed by atoms with E-state index >= 15 is 0 Å². The van der Waals surface area contributed by atoms with Crippen LogP contribution in [0.5, 0.6) is 11.5 Å². The minimum atomic E-state index is -3.90. The quantitative estimate of drug-likeness (QED) is 0.777. The Labute approximate surface area is 166 Å². The molecule has 2 aromatic carbocycles. The fourth-order valence-electron chi connectivity index (χ4n) is 2.84. The number of benzene rings is 2. The summed E-state index contributed by atoms with van der Waals surface area (Å²) in [4.78, 5) is 1.92. The number of ether oxygens (including phenoxy) is 2. The molecule has 0 aromatic heterocycles. The van der Waals surface area contributed by atoms with Crippen LogP contribution >= 0.6 is 23.4 Å². The normalized spacial score (nSPS) is 18.6. The summed E-state index contributed by atoms with van der Waals surface area (Å²) in [6, 6.07) is 10.5. The summed E-state index contributed by atoms with van der Waals surface area (Å²) in [5, 5.41) is 10.7. The summed E-state index contributed by atoms with van der Waals surface area (Å²) in [5.41, 5.74) is 2.39. The second-order valence-electron chi connectivity index (χ2n) is 6.01. The zero-order valence-electron chi connectivity index (χ0n) is 14.2. The molecular weight excluding hydrogens is 410 g/mol. The zero-order chi connectivity index (χ0) is 19.2. The summed E-state index contributed by atoms with van der Waals surface area (Å²) in [7, 11) is -1.98. The van der Waals surface area contributed by atoms with Gasteiger partial charge in [-0.05, 0) is 35.2 Å². The number of halogens is 1. The topological polar surface area (TPSA) is 93.9 Å². The molecule has 0 saturated carbocycles. The lowest BCUT2D eigenvalue weighted by Gasteiger charge is -2.26. The van der Waals surface area contributed by atoms with Gasteiger partial charge in [0.15, 0.2) is 17.0 Å². The smallest absolute Gasteiger partial charge is 0.239 e. The van der Waals surface area contributed by atoms with Crippen LogP contribution in [0.2, 0.25) is 5.02 Å². The summed E-state index contributed by atoms with van der Waals surface area (Å²) in [6.45, 7) is 0.228. The molecular formula is C17H16ClN3O4S2. The van der Waals surface area contributed by atoms with Gasteiger partial charge in [0.2, 0.25) is 16.8 Å². The number of nitrogens with one attached hydrogen (secondary N) is 1. The molecule has 2 heterocycles. The first-order valence-electron chi connectivity index (χ1n) is 7.90. The zero-order valence-corrected chi connectivity index (χ0v) is 16.6. The molecule has 0 amide bonds. The van der Waals surface area contributed by atoms with E-state index in [0.717, 1.165) is 17.1 Å². The van der Waals surface area contributed by atoms with Crippen LogP contribution in [-0.2, 0) is 10.0 Å². The number of rotatable bonds is 4. The molecule has 10 heteroatoms. The fraction of sp³-hybridized carbons (Fsp3) is 0.176. The van der Waals surface area contributed by atoms with Gasteiger partial charge in [0, 0.05) is 18.8 Å². The van der Waals surface area contributed by atoms with Gasteiger partial charge in [0.05, 0.1) is 10.7 Å². The summed E-state index contributed by atoms with van der Waals surface area (Å²) in [5.74, 6) is 1.43. The molecule has 0 radical (unpaired) electrons. The Balaban J connectivity index is 1.54. The Morgan fingerprint density at radius 2 is 2.00 bits per heavy atom. The highest BCUT2D eigenvalue weighted by molar-refractivity contribution is 8.03. The molecule has 0 bridgehead atoms. The minimum Gasteiger partial charge on any atom is -0.454 e. The van der Waals surface area contributed by atoms with E-state index in [0.29, 0.717) is 11.3 Å². The van der Waals surface area contributed by atoms with Gasteiger partial charge in [-0.25, -0.2) is 13.6 Å². The standard InChI is InChI=1S/C17H16ClN3O4S2/c1-21-13(10-2-4-12(18)16(6-10)27(19,22)23)8-26-17(21)20-11-3-5-14-15(7-11)25-9-24-14/h2-8,17,20H,9H2,1H3,(H2,19,22,23). The van der Waals surface area contributed by atoms with E-state index in [1.54, 1.807) is 17.8 Å². The number of anilines is 1. The lowest BCUT2D eigenvalue weighted by atomic mass is 10.1. The number of sulfonamides is 1. The molecule has 2 aromatic rings. The van der Waals surface area contributed by atoms with Crippen molar-refractivity contribution in [2.75, 3.05) is 19.2 Å². The Hall–Kier alpha value is -2.07. The number of nitrogens with zero attached hydrogens (tertiary/aromatic N) is 1.